The summed E-state index contributed by atoms with van der Waals surface area (Å²) in [5.74, 6) is 0. The number of nitrogens with zero attached hydrogens (tertiary/aromatic N) is 2. The van der Waals surface area contributed by atoms with Crippen LogP contribution in [0.25, 0.3) is 0 Å². The maximum Gasteiger partial charge on any atom is 0.101 e. The molecule has 2 heterocycles. The molecule has 0 saturated carbocycles. The summed E-state index contributed by atoms with van der Waals surface area (Å²) in [4.78, 5) is 3.96. The summed E-state index contributed by atoms with van der Waals surface area (Å²) in [7, 11) is 0. The molecule has 1 aliphatic rings. The first-order chi connectivity index (χ1) is 8.23. The SMILES string of the molecule is N#Cc1ccncc1NCC1(O)CCOCC1. The number of nitrogens with one attached hydrogen (secondary N) is 1. The molecule has 0 aliphatic carbocycles. The number of nitriles is 1. The second-order valence-corrected chi connectivity index (χ2v) is 4.22. The summed E-state index contributed by atoms with van der Waals surface area (Å²) >= 11 is 0. The molecule has 1 fully saturated rings. The normalized spacial score (nSPS) is 18.4. The predicted octanol–water partition coefficient (Wildman–Crippen LogP) is 0.907. The number of aromatic nitrogens is 1. The first-order valence-electron chi connectivity index (χ1n) is 5.62. The van der Waals surface area contributed by atoms with E-state index in [4.69, 9.17) is 10.00 Å². The van der Waals surface area contributed by atoms with E-state index in [1.54, 1.807) is 18.5 Å². The van der Waals surface area contributed by atoms with Gasteiger partial charge in [0, 0.05) is 38.8 Å². The van der Waals surface area contributed by atoms with Crippen LogP contribution in [0.1, 0.15) is 18.4 Å². The minimum atomic E-state index is -0.749. The Balaban J connectivity index is 2.00. The molecule has 1 saturated heterocycles. The molecule has 0 aromatic carbocycles. The summed E-state index contributed by atoms with van der Waals surface area (Å²) in [6, 6.07) is 3.74. The third kappa shape index (κ3) is 2.93. The number of pyridine rings is 1. The molecule has 5 heteroatoms. The summed E-state index contributed by atoms with van der Waals surface area (Å²) in [6.45, 7) is 1.57. The number of hydrogen-bond acceptors (Lipinski definition) is 5. The van der Waals surface area contributed by atoms with Crippen molar-refractivity contribution in [2.45, 2.75) is 18.4 Å². The number of rotatable bonds is 3. The van der Waals surface area contributed by atoms with Crippen molar-refractivity contribution in [2.24, 2.45) is 0 Å². The number of ether oxygens (including phenoxy) is 1. The Hall–Kier alpha value is -1.64. The standard InChI is InChI=1S/C12H15N3O2/c13-7-10-1-4-14-8-11(10)15-9-12(16)2-5-17-6-3-12/h1,4,8,15-16H,2-3,5-6,9H2. The zero-order valence-electron chi connectivity index (χ0n) is 9.52. The summed E-state index contributed by atoms with van der Waals surface area (Å²) in [5.41, 5.74) is 0.450. The van der Waals surface area contributed by atoms with Crippen LogP contribution in [-0.2, 0) is 4.74 Å². The van der Waals surface area contributed by atoms with E-state index in [-0.39, 0.29) is 0 Å². The fourth-order valence-corrected chi connectivity index (χ4v) is 1.82. The van der Waals surface area contributed by atoms with Crippen molar-refractivity contribution in [2.75, 3.05) is 25.1 Å². The van der Waals surface area contributed by atoms with Gasteiger partial charge in [-0.25, -0.2) is 0 Å². The lowest BCUT2D eigenvalue weighted by atomic mass is 9.94. The molecule has 5 nitrogen and oxygen atoms in total. The molecular formula is C12H15N3O2. The third-order valence-corrected chi connectivity index (χ3v) is 2.97. The van der Waals surface area contributed by atoms with E-state index in [1.165, 1.54) is 0 Å². The van der Waals surface area contributed by atoms with Gasteiger partial charge in [-0.2, -0.15) is 5.26 Å². The Morgan fingerprint density at radius 1 is 1.53 bits per heavy atom. The van der Waals surface area contributed by atoms with E-state index in [1.807, 2.05) is 0 Å². The van der Waals surface area contributed by atoms with Crippen molar-refractivity contribution in [3.05, 3.63) is 24.0 Å². The van der Waals surface area contributed by atoms with Crippen molar-refractivity contribution in [3.8, 4) is 6.07 Å². The average molecular weight is 233 g/mol. The minimum Gasteiger partial charge on any atom is -0.388 e. The molecule has 1 aliphatic heterocycles. The Kier molecular flexibility index (Phi) is 3.57. The average Bonchev–Trinajstić information content (AvgIpc) is 2.38. The molecule has 0 radical (unpaired) electrons. The molecule has 90 valence electrons. The Bertz CT molecular complexity index is 422. The van der Waals surface area contributed by atoms with Crippen LogP contribution in [-0.4, -0.2) is 35.5 Å². The van der Waals surface area contributed by atoms with E-state index >= 15 is 0 Å². The van der Waals surface area contributed by atoms with Crippen LogP contribution < -0.4 is 5.32 Å². The van der Waals surface area contributed by atoms with Gasteiger partial charge in [0.15, 0.2) is 0 Å². The number of hydrogen-bond donors (Lipinski definition) is 2. The minimum absolute atomic E-state index is 0.413. The van der Waals surface area contributed by atoms with Crippen LogP contribution in [0.5, 0.6) is 0 Å². The van der Waals surface area contributed by atoms with Gasteiger partial charge >= 0.3 is 0 Å². The fourth-order valence-electron chi connectivity index (χ4n) is 1.82. The molecule has 0 atom stereocenters. The highest BCUT2D eigenvalue weighted by Gasteiger charge is 2.29. The predicted molar refractivity (Wildman–Crippen MR) is 62.4 cm³/mol. The van der Waals surface area contributed by atoms with Gasteiger partial charge in [-0.3, -0.25) is 4.98 Å². The van der Waals surface area contributed by atoms with Crippen LogP contribution >= 0.6 is 0 Å². The van der Waals surface area contributed by atoms with E-state index in [2.05, 4.69) is 16.4 Å². The first-order valence-corrected chi connectivity index (χ1v) is 5.62. The van der Waals surface area contributed by atoms with Crippen LogP contribution in [0.15, 0.2) is 18.5 Å². The van der Waals surface area contributed by atoms with Crippen LogP contribution in [0.2, 0.25) is 0 Å². The lowest BCUT2D eigenvalue weighted by Gasteiger charge is -2.32. The van der Waals surface area contributed by atoms with Gasteiger partial charge in [0.1, 0.15) is 6.07 Å². The van der Waals surface area contributed by atoms with E-state index in [9.17, 15) is 5.11 Å². The maximum atomic E-state index is 10.3. The highest BCUT2D eigenvalue weighted by molar-refractivity contribution is 5.55. The van der Waals surface area contributed by atoms with Gasteiger partial charge in [0.25, 0.3) is 0 Å². The quantitative estimate of drug-likeness (QED) is 0.811. The fraction of sp³-hybridized carbons (Fsp3) is 0.500. The van der Waals surface area contributed by atoms with E-state index in [0.717, 1.165) is 0 Å². The van der Waals surface area contributed by atoms with Gasteiger partial charge in [-0.1, -0.05) is 0 Å². The molecule has 2 N–H and O–H groups in total. The number of aliphatic hydroxyl groups is 1. The Labute approximate surface area is 100 Å². The van der Waals surface area contributed by atoms with Gasteiger partial charge in [-0.05, 0) is 6.07 Å². The van der Waals surface area contributed by atoms with Crippen molar-refractivity contribution >= 4 is 5.69 Å². The molecule has 17 heavy (non-hydrogen) atoms. The maximum absolute atomic E-state index is 10.3. The third-order valence-electron chi connectivity index (χ3n) is 2.97. The smallest absolute Gasteiger partial charge is 0.101 e. The largest absolute Gasteiger partial charge is 0.388 e. The summed E-state index contributed by atoms with van der Waals surface area (Å²) in [6.07, 6.45) is 4.40. The second kappa shape index (κ2) is 5.13. The highest BCUT2D eigenvalue weighted by Crippen LogP contribution is 2.22. The lowest BCUT2D eigenvalue weighted by Crippen LogP contribution is -2.42. The van der Waals surface area contributed by atoms with Crippen molar-refractivity contribution in [1.29, 1.82) is 5.26 Å². The van der Waals surface area contributed by atoms with Crippen LogP contribution in [0, 0.1) is 11.3 Å². The topological polar surface area (TPSA) is 78.2 Å². The summed E-state index contributed by atoms with van der Waals surface area (Å²) in [5, 5.41) is 22.3. The molecular weight excluding hydrogens is 218 g/mol. The van der Waals surface area contributed by atoms with Gasteiger partial charge in [0.05, 0.1) is 23.0 Å². The zero-order valence-corrected chi connectivity index (χ0v) is 9.52. The zero-order chi connectivity index (χ0) is 12.1. The van der Waals surface area contributed by atoms with Gasteiger partial charge in [-0.15, -0.1) is 0 Å². The molecule has 0 spiro atoms. The molecule has 1 aromatic heterocycles. The Morgan fingerprint density at radius 3 is 3.00 bits per heavy atom. The molecule has 0 unspecified atom stereocenters. The monoisotopic (exact) mass is 233 g/mol. The Morgan fingerprint density at radius 2 is 2.29 bits per heavy atom. The molecule has 1 aromatic rings. The van der Waals surface area contributed by atoms with Gasteiger partial charge in [0.2, 0.25) is 0 Å². The van der Waals surface area contributed by atoms with E-state index in [0.29, 0.717) is 43.9 Å². The van der Waals surface area contributed by atoms with Crippen LogP contribution in [0.4, 0.5) is 5.69 Å². The molecule has 0 bridgehead atoms. The highest BCUT2D eigenvalue weighted by atomic mass is 16.5. The van der Waals surface area contributed by atoms with Crippen molar-refractivity contribution < 1.29 is 9.84 Å². The molecule has 0 amide bonds. The van der Waals surface area contributed by atoms with Crippen molar-refractivity contribution in [1.82, 2.24) is 4.98 Å². The molecule has 2 rings (SSSR count). The number of anilines is 1. The summed E-state index contributed by atoms with van der Waals surface area (Å²) < 4.78 is 5.21. The van der Waals surface area contributed by atoms with Crippen molar-refractivity contribution in [3.63, 3.8) is 0 Å². The second-order valence-electron chi connectivity index (χ2n) is 4.22. The lowest BCUT2D eigenvalue weighted by molar-refractivity contribution is -0.0543. The van der Waals surface area contributed by atoms with E-state index < -0.39 is 5.60 Å². The van der Waals surface area contributed by atoms with Crippen LogP contribution in [0.3, 0.4) is 0 Å². The first kappa shape index (κ1) is 11.8. The van der Waals surface area contributed by atoms with Gasteiger partial charge < -0.3 is 15.2 Å².